The first kappa shape index (κ1) is 12.3. The maximum Gasteiger partial charge on any atom is 0.161 e. The molecule has 0 unspecified atom stereocenters. The van der Waals surface area contributed by atoms with Gasteiger partial charge in [-0.25, -0.2) is 4.98 Å². The number of aryl methyl sites for hydroxylation is 1. The molecule has 0 amide bonds. The average molecular weight is 231 g/mol. The summed E-state index contributed by atoms with van der Waals surface area (Å²) in [5.41, 5.74) is 1.87. The van der Waals surface area contributed by atoms with Crippen molar-refractivity contribution in [3.8, 4) is 10.6 Å². The molecule has 0 aliphatic heterocycles. The van der Waals surface area contributed by atoms with E-state index in [0.717, 1.165) is 22.6 Å². The lowest BCUT2D eigenvalue weighted by molar-refractivity contribution is 0.112. The molecule has 0 atom stereocenters. The van der Waals surface area contributed by atoms with Crippen LogP contribution in [-0.4, -0.2) is 11.3 Å². The highest BCUT2D eigenvalue weighted by Crippen LogP contribution is 2.26. The summed E-state index contributed by atoms with van der Waals surface area (Å²) in [5, 5.41) is 0.908. The van der Waals surface area contributed by atoms with Gasteiger partial charge in [-0.15, -0.1) is 24.5 Å². The van der Waals surface area contributed by atoms with E-state index in [1.807, 2.05) is 37.3 Å². The predicted molar refractivity (Wildman–Crippen MR) is 68.9 cm³/mol. The zero-order valence-corrected chi connectivity index (χ0v) is 9.96. The summed E-state index contributed by atoms with van der Waals surface area (Å²) >= 11 is 1.43. The highest BCUT2D eigenvalue weighted by atomic mass is 32.1. The Bertz CT molecular complexity index is 462. The smallest absolute Gasteiger partial charge is 0.161 e. The normalized spacial score (nSPS) is 9.06. The monoisotopic (exact) mass is 231 g/mol. The Morgan fingerprint density at radius 3 is 2.38 bits per heavy atom. The molecule has 0 radical (unpaired) electrons. The number of aromatic nitrogens is 1. The van der Waals surface area contributed by atoms with Crippen LogP contribution in [0.1, 0.15) is 15.4 Å². The molecule has 0 aliphatic rings. The molecule has 0 bridgehead atoms. The van der Waals surface area contributed by atoms with Gasteiger partial charge in [0.2, 0.25) is 0 Å². The fourth-order valence-corrected chi connectivity index (χ4v) is 2.11. The lowest BCUT2D eigenvalue weighted by Crippen LogP contribution is -1.78. The average Bonchev–Trinajstić information content (AvgIpc) is 2.74. The van der Waals surface area contributed by atoms with Crippen molar-refractivity contribution in [3.05, 3.63) is 54.1 Å². The minimum atomic E-state index is 0.712. The Hall–Kier alpha value is -1.74. The van der Waals surface area contributed by atoms with E-state index in [0.29, 0.717) is 4.88 Å². The van der Waals surface area contributed by atoms with Gasteiger partial charge in [-0.05, 0) is 6.92 Å². The van der Waals surface area contributed by atoms with E-state index in [4.69, 9.17) is 0 Å². The predicted octanol–water partition coefficient (Wildman–Crippen LogP) is 3.73. The largest absolute Gasteiger partial charge is 0.297 e. The Kier molecular flexibility index (Phi) is 4.61. The molecular formula is C13H13NOS. The molecule has 2 rings (SSSR count). The molecular weight excluding hydrogens is 218 g/mol. The number of thiazole rings is 1. The van der Waals surface area contributed by atoms with E-state index in [-0.39, 0.29) is 0 Å². The minimum absolute atomic E-state index is 0.712. The number of benzene rings is 1. The summed E-state index contributed by atoms with van der Waals surface area (Å²) in [5.74, 6) is 0. The molecule has 3 heteroatoms. The third-order valence-electron chi connectivity index (χ3n) is 1.96. The first-order chi connectivity index (χ1) is 7.81. The number of hydrogen-bond donors (Lipinski definition) is 0. The van der Waals surface area contributed by atoms with Gasteiger partial charge in [0, 0.05) is 5.56 Å². The lowest BCUT2D eigenvalue weighted by atomic mass is 10.2. The van der Waals surface area contributed by atoms with Crippen molar-refractivity contribution in [2.45, 2.75) is 6.92 Å². The van der Waals surface area contributed by atoms with Gasteiger partial charge in [0.1, 0.15) is 5.01 Å². The summed E-state index contributed by atoms with van der Waals surface area (Å²) in [6.45, 7) is 7.85. The number of carbonyl (C=O) groups is 1. The molecule has 0 aliphatic carbocycles. The van der Waals surface area contributed by atoms with Crippen LogP contribution in [0, 0.1) is 6.92 Å². The van der Waals surface area contributed by atoms with Gasteiger partial charge in [0.15, 0.2) is 6.29 Å². The van der Waals surface area contributed by atoms with E-state index in [1.54, 1.807) is 0 Å². The van der Waals surface area contributed by atoms with Crippen LogP contribution >= 0.6 is 11.3 Å². The van der Waals surface area contributed by atoms with Crippen LogP contribution in [0.5, 0.6) is 0 Å². The van der Waals surface area contributed by atoms with E-state index in [9.17, 15) is 4.79 Å². The van der Waals surface area contributed by atoms with Crippen LogP contribution in [0.2, 0.25) is 0 Å². The molecule has 0 spiro atoms. The fraction of sp³-hybridized carbons (Fsp3) is 0.0769. The van der Waals surface area contributed by atoms with Crippen LogP contribution in [0.25, 0.3) is 10.6 Å². The molecule has 16 heavy (non-hydrogen) atoms. The highest BCUT2D eigenvalue weighted by molar-refractivity contribution is 7.16. The number of carbonyl (C=O) groups excluding carboxylic acids is 1. The molecule has 0 fully saturated rings. The summed E-state index contributed by atoms with van der Waals surface area (Å²) in [6, 6.07) is 9.88. The Balaban J connectivity index is 0.000000606. The Morgan fingerprint density at radius 1 is 1.25 bits per heavy atom. The number of rotatable bonds is 2. The van der Waals surface area contributed by atoms with Crippen molar-refractivity contribution in [1.29, 1.82) is 0 Å². The summed E-state index contributed by atoms with van der Waals surface area (Å²) in [4.78, 5) is 15.7. The van der Waals surface area contributed by atoms with Gasteiger partial charge in [0.25, 0.3) is 0 Å². The number of hydrogen-bond acceptors (Lipinski definition) is 3. The first-order valence-electron chi connectivity index (χ1n) is 4.79. The highest BCUT2D eigenvalue weighted by Gasteiger charge is 2.07. The summed E-state index contributed by atoms with van der Waals surface area (Å²) in [6.07, 6.45) is 0.861. The van der Waals surface area contributed by atoms with Gasteiger partial charge >= 0.3 is 0 Å². The molecule has 2 aromatic rings. The summed E-state index contributed by atoms with van der Waals surface area (Å²) < 4.78 is 0. The zero-order valence-electron chi connectivity index (χ0n) is 9.14. The molecule has 2 nitrogen and oxygen atoms in total. The molecule has 82 valence electrons. The maximum absolute atomic E-state index is 10.6. The fourth-order valence-electron chi connectivity index (χ4n) is 1.22. The van der Waals surface area contributed by atoms with Crippen LogP contribution < -0.4 is 0 Å². The van der Waals surface area contributed by atoms with E-state index in [1.165, 1.54) is 11.3 Å². The minimum Gasteiger partial charge on any atom is -0.297 e. The van der Waals surface area contributed by atoms with Crippen molar-refractivity contribution in [3.63, 3.8) is 0 Å². The van der Waals surface area contributed by atoms with E-state index < -0.39 is 0 Å². The molecule has 1 aromatic heterocycles. The van der Waals surface area contributed by atoms with Gasteiger partial charge in [0.05, 0.1) is 10.6 Å². The molecule has 1 heterocycles. The molecule has 0 saturated heterocycles. The lowest BCUT2D eigenvalue weighted by Gasteiger charge is -1.92. The quantitative estimate of drug-likeness (QED) is 0.582. The van der Waals surface area contributed by atoms with Gasteiger partial charge in [-0.3, -0.25) is 4.79 Å². The third kappa shape index (κ3) is 2.64. The second kappa shape index (κ2) is 5.98. The Labute approximate surface area is 99.3 Å². The van der Waals surface area contributed by atoms with Crippen LogP contribution in [-0.2, 0) is 0 Å². The topological polar surface area (TPSA) is 30.0 Å². The van der Waals surface area contributed by atoms with Gasteiger partial charge in [-0.1, -0.05) is 30.3 Å². The number of nitrogens with zero attached hydrogens (tertiary/aromatic N) is 1. The van der Waals surface area contributed by atoms with Crippen molar-refractivity contribution in [2.75, 3.05) is 0 Å². The second-order valence-electron chi connectivity index (χ2n) is 2.95. The zero-order chi connectivity index (χ0) is 12.0. The van der Waals surface area contributed by atoms with E-state index in [2.05, 4.69) is 18.1 Å². The maximum atomic E-state index is 10.6. The molecule has 0 N–H and O–H groups in total. The van der Waals surface area contributed by atoms with E-state index >= 15 is 0 Å². The standard InChI is InChI=1S/C11H9NOS.C2H4/c1-8-10(7-13)14-11(12-8)9-5-3-2-4-6-9;1-2/h2-7H,1H3;1-2H2. The van der Waals surface area contributed by atoms with Gasteiger partial charge < -0.3 is 0 Å². The molecule has 0 saturated carbocycles. The Morgan fingerprint density at radius 2 is 1.88 bits per heavy atom. The number of aldehydes is 1. The van der Waals surface area contributed by atoms with Crippen molar-refractivity contribution < 1.29 is 4.79 Å². The van der Waals surface area contributed by atoms with Crippen LogP contribution in [0.3, 0.4) is 0 Å². The SMILES string of the molecule is C=C.Cc1nc(-c2ccccc2)sc1C=O. The van der Waals surface area contributed by atoms with Crippen molar-refractivity contribution in [2.24, 2.45) is 0 Å². The first-order valence-corrected chi connectivity index (χ1v) is 5.61. The second-order valence-corrected chi connectivity index (χ2v) is 3.98. The molecule has 1 aromatic carbocycles. The third-order valence-corrected chi connectivity index (χ3v) is 3.09. The van der Waals surface area contributed by atoms with Crippen LogP contribution in [0.15, 0.2) is 43.5 Å². The van der Waals surface area contributed by atoms with Crippen molar-refractivity contribution >= 4 is 17.6 Å². The van der Waals surface area contributed by atoms with Gasteiger partial charge in [-0.2, -0.15) is 0 Å². The van der Waals surface area contributed by atoms with Crippen molar-refractivity contribution in [1.82, 2.24) is 4.98 Å². The summed E-state index contributed by atoms with van der Waals surface area (Å²) in [7, 11) is 0. The van der Waals surface area contributed by atoms with Crippen LogP contribution in [0.4, 0.5) is 0 Å².